The van der Waals surface area contributed by atoms with Gasteiger partial charge in [0.1, 0.15) is 11.5 Å². The molecule has 0 atom stereocenters. The summed E-state index contributed by atoms with van der Waals surface area (Å²) in [6.45, 7) is 7.05. The Labute approximate surface area is 238 Å². The summed E-state index contributed by atoms with van der Waals surface area (Å²) >= 11 is 9.60. The largest absolute Gasteiger partial charge is 0.457 e. The van der Waals surface area contributed by atoms with Crippen LogP contribution in [-0.4, -0.2) is 43.7 Å². The van der Waals surface area contributed by atoms with Gasteiger partial charge < -0.3 is 9.64 Å². The van der Waals surface area contributed by atoms with Crippen LogP contribution in [0.4, 0.5) is 0 Å². The molecule has 1 aliphatic rings. The lowest BCUT2D eigenvalue weighted by atomic mass is 10.0. The highest BCUT2D eigenvalue weighted by molar-refractivity contribution is 9.10. The number of carbonyl (C=O) groups excluding carboxylic acids is 1. The van der Waals surface area contributed by atoms with E-state index in [-0.39, 0.29) is 17.3 Å². The van der Waals surface area contributed by atoms with Gasteiger partial charge in [-0.05, 0) is 86.2 Å². The topological polar surface area (TPSA) is 66.9 Å². The zero-order chi connectivity index (χ0) is 27.6. The molecule has 0 aliphatic carbocycles. The SMILES string of the molecule is Cc1cc(C(=O)N(C)Cc2ccc(Br)cc2Oc2cccc(Cl)c2)cc(S(=O)(=O)N2CCC(C)CC2)c1C. The molecule has 202 valence electrons. The Kier molecular flexibility index (Phi) is 8.87. The van der Waals surface area contributed by atoms with E-state index in [9.17, 15) is 13.2 Å². The molecule has 4 rings (SSSR count). The third kappa shape index (κ3) is 6.42. The van der Waals surface area contributed by atoms with Crippen molar-refractivity contribution in [3.8, 4) is 11.5 Å². The maximum Gasteiger partial charge on any atom is 0.253 e. The summed E-state index contributed by atoms with van der Waals surface area (Å²) in [5, 5.41) is 0.561. The van der Waals surface area contributed by atoms with Crippen LogP contribution in [0.3, 0.4) is 0 Å². The minimum absolute atomic E-state index is 0.206. The maximum atomic E-state index is 13.5. The van der Waals surface area contributed by atoms with E-state index >= 15 is 0 Å². The molecule has 0 bridgehead atoms. The van der Waals surface area contributed by atoms with Crippen molar-refractivity contribution in [2.45, 2.75) is 45.1 Å². The molecular formula is C29H32BrClN2O4S. The van der Waals surface area contributed by atoms with Crippen LogP contribution in [0, 0.1) is 19.8 Å². The molecule has 9 heteroatoms. The number of piperidine rings is 1. The summed E-state index contributed by atoms with van der Waals surface area (Å²) in [6, 6.07) is 16.0. The molecule has 0 radical (unpaired) electrons. The molecule has 38 heavy (non-hydrogen) atoms. The Morgan fingerprint density at radius 2 is 1.82 bits per heavy atom. The third-order valence-electron chi connectivity index (χ3n) is 7.03. The Hall–Kier alpha value is -2.39. The zero-order valence-corrected chi connectivity index (χ0v) is 25.2. The number of ether oxygens (including phenoxy) is 1. The van der Waals surface area contributed by atoms with Gasteiger partial charge >= 0.3 is 0 Å². The second-order valence-corrected chi connectivity index (χ2v) is 13.2. The Morgan fingerprint density at radius 3 is 2.50 bits per heavy atom. The van der Waals surface area contributed by atoms with E-state index < -0.39 is 10.0 Å². The Balaban J connectivity index is 1.60. The number of benzene rings is 3. The van der Waals surface area contributed by atoms with Gasteiger partial charge in [-0.1, -0.05) is 46.6 Å². The summed E-state index contributed by atoms with van der Waals surface area (Å²) in [7, 11) is -2.00. The number of aryl methyl sites for hydroxylation is 1. The quantitative estimate of drug-likeness (QED) is 0.280. The highest BCUT2D eigenvalue weighted by Crippen LogP contribution is 2.32. The van der Waals surface area contributed by atoms with Gasteiger partial charge in [0.2, 0.25) is 10.0 Å². The van der Waals surface area contributed by atoms with E-state index in [0.717, 1.165) is 28.4 Å². The van der Waals surface area contributed by atoms with E-state index in [1.807, 2.05) is 31.2 Å². The normalized spacial score (nSPS) is 14.9. The van der Waals surface area contributed by atoms with Gasteiger partial charge in [0.25, 0.3) is 5.91 Å². The minimum atomic E-state index is -3.70. The molecule has 1 aliphatic heterocycles. The standard InChI is InChI=1S/C29H32BrClN2O4S/c1-19-10-12-33(13-11-19)38(35,36)28-15-23(14-20(2)21(28)3)29(34)32(4)18-22-8-9-24(30)16-27(22)37-26-7-5-6-25(31)17-26/h5-9,14-17,19H,10-13,18H2,1-4H3. The fraction of sp³-hybridized carbons (Fsp3) is 0.345. The van der Waals surface area contributed by atoms with Gasteiger partial charge in [-0.15, -0.1) is 0 Å². The molecule has 0 N–H and O–H groups in total. The first-order valence-corrected chi connectivity index (χ1v) is 15.2. The number of rotatable bonds is 7. The second-order valence-electron chi connectivity index (χ2n) is 9.98. The number of nitrogens with zero attached hydrogens (tertiary/aromatic N) is 2. The van der Waals surface area contributed by atoms with Crippen LogP contribution in [-0.2, 0) is 16.6 Å². The van der Waals surface area contributed by atoms with Gasteiger partial charge in [0, 0.05) is 47.3 Å². The summed E-state index contributed by atoms with van der Waals surface area (Å²) in [6.07, 6.45) is 1.68. The van der Waals surface area contributed by atoms with Crippen LogP contribution in [0.1, 0.15) is 46.8 Å². The highest BCUT2D eigenvalue weighted by Gasteiger charge is 2.31. The van der Waals surface area contributed by atoms with Crippen molar-refractivity contribution in [3.63, 3.8) is 0 Å². The van der Waals surface area contributed by atoms with Gasteiger partial charge in [0.15, 0.2) is 0 Å². The summed E-state index contributed by atoms with van der Waals surface area (Å²) in [5.41, 5.74) is 2.58. The van der Waals surface area contributed by atoms with Crippen LogP contribution >= 0.6 is 27.5 Å². The smallest absolute Gasteiger partial charge is 0.253 e. The number of carbonyl (C=O) groups is 1. The number of hydrogen-bond acceptors (Lipinski definition) is 4. The number of sulfonamides is 1. The van der Waals surface area contributed by atoms with Crippen LogP contribution in [0.25, 0.3) is 0 Å². The van der Waals surface area contributed by atoms with Crippen molar-refractivity contribution in [1.82, 2.24) is 9.21 Å². The van der Waals surface area contributed by atoms with E-state index in [4.69, 9.17) is 16.3 Å². The zero-order valence-electron chi connectivity index (χ0n) is 22.0. The van der Waals surface area contributed by atoms with E-state index in [2.05, 4.69) is 22.9 Å². The van der Waals surface area contributed by atoms with Crippen LogP contribution in [0.5, 0.6) is 11.5 Å². The number of hydrogen-bond donors (Lipinski definition) is 0. The first kappa shape index (κ1) is 28.6. The first-order valence-electron chi connectivity index (χ1n) is 12.5. The fourth-order valence-electron chi connectivity index (χ4n) is 4.54. The van der Waals surface area contributed by atoms with Crippen LogP contribution in [0.2, 0.25) is 5.02 Å². The van der Waals surface area contributed by atoms with Gasteiger partial charge in [-0.25, -0.2) is 8.42 Å². The van der Waals surface area contributed by atoms with Crippen molar-refractivity contribution in [1.29, 1.82) is 0 Å². The molecule has 1 amide bonds. The molecule has 0 unspecified atom stereocenters. The summed E-state index contributed by atoms with van der Waals surface area (Å²) < 4.78 is 35.6. The van der Waals surface area contributed by atoms with Crippen LogP contribution < -0.4 is 4.74 Å². The molecule has 3 aromatic carbocycles. The fourth-order valence-corrected chi connectivity index (χ4v) is 6.86. The maximum absolute atomic E-state index is 13.5. The second kappa shape index (κ2) is 11.8. The molecular weight excluding hydrogens is 588 g/mol. The molecule has 1 fully saturated rings. The molecule has 1 saturated heterocycles. The average Bonchev–Trinajstić information content (AvgIpc) is 2.87. The van der Waals surface area contributed by atoms with Crippen LogP contribution in [0.15, 0.2) is 64.0 Å². The molecule has 0 saturated carbocycles. The Morgan fingerprint density at radius 1 is 1.11 bits per heavy atom. The average molecular weight is 620 g/mol. The number of amides is 1. The summed E-state index contributed by atoms with van der Waals surface area (Å²) in [5.74, 6) is 1.41. The minimum Gasteiger partial charge on any atom is -0.457 e. The third-order valence-corrected chi connectivity index (χ3v) is 9.79. The van der Waals surface area contributed by atoms with Crippen molar-refractivity contribution in [2.75, 3.05) is 20.1 Å². The van der Waals surface area contributed by atoms with Gasteiger partial charge in [-0.2, -0.15) is 4.31 Å². The predicted octanol–water partition coefficient (Wildman–Crippen LogP) is 7.20. The van der Waals surface area contributed by atoms with Crippen molar-refractivity contribution in [3.05, 3.63) is 86.3 Å². The lowest BCUT2D eigenvalue weighted by molar-refractivity contribution is 0.0784. The monoisotopic (exact) mass is 618 g/mol. The van der Waals surface area contributed by atoms with Gasteiger partial charge in [0.05, 0.1) is 4.90 Å². The van der Waals surface area contributed by atoms with Crippen molar-refractivity contribution >= 4 is 43.5 Å². The molecule has 0 aromatic heterocycles. The number of halogens is 2. The Bertz CT molecular complexity index is 1450. The van der Waals surface area contributed by atoms with E-state index in [1.54, 1.807) is 47.4 Å². The van der Waals surface area contributed by atoms with Crippen molar-refractivity contribution < 1.29 is 17.9 Å². The van der Waals surface area contributed by atoms with Gasteiger partial charge in [-0.3, -0.25) is 4.79 Å². The first-order chi connectivity index (χ1) is 18.0. The van der Waals surface area contributed by atoms with E-state index in [0.29, 0.717) is 46.7 Å². The molecule has 6 nitrogen and oxygen atoms in total. The predicted molar refractivity (Wildman–Crippen MR) is 155 cm³/mol. The lowest BCUT2D eigenvalue weighted by Crippen LogP contribution is -2.38. The highest BCUT2D eigenvalue weighted by atomic mass is 79.9. The lowest BCUT2D eigenvalue weighted by Gasteiger charge is -2.30. The molecule has 1 heterocycles. The molecule has 0 spiro atoms. The summed E-state index contributed by atoms with van der Waals surface area (Å²) in [4.78, 5) is 15.3. The van der Waals surface area contributed by atoms with E-state index in [1.165, 1.54) is 6.07 Å². The molecule has 3 aromatic rings. The van der Waals surface area contributed by atoms with Crippen molar-refractivity contribution in [2.24, 2.45) is 5.92 Å².